The first-order chi connectivity index (χ1) is 18.6. The summed E-state index contributed by atoms with van der Waals surface area (Å²) in [6.07, 6.45) is 8.56. The highest BCUT2D eigenvalue weighted by Crippen LogP contribution is 2.42. The van der Waals surface area contributed by atoms with E-state index >= 15 is 0 Å². The third-order valence-corrected chi connectivity index (χ3v) is 6.55. The summed E-state index contributed by atoms with van der Waals surface area (Å²) in [5.41, 5.74) is 8.10. The van der Waals surface area contributed by atoms with Crippen LogP contribution in [0.3, 0.4) is 0 Å². The minimum absolute atomic E-state index is 0.199. The summed E-state index contributed by atoms with van der Waals surface area (Å²) < 4.78 is 0. The zero-order chi connectivity index (χ0) is 26.1. The van der Waals surface area contributed by atoms with Crippen molar-refractivity contribution in [3.05, 3.63) is 120 Å². The smallest absolute Gasteiger partial charge is 0.258 e. The topological polar surface area (TPSA) is 99.8 Å². The molecule has 7 nitrogen and oxygen atoms in total. The van der Waals surface area contributed by atoms with Crippen molar-refractivity contribution in [1.82, 2.24) is 15.0 Å². The van der Waals surface area contributed by atoms with Crippen molar-refractivity contribution in [1.29, 1.82) is 0 Å². The van der Waals surface area contributed by atoms with Gasteiger partial charge in [0, 0.05) is 58.7 Å². The zero-order valence-electron chi connectivity index (χ0n) is 20.5. The number of nitrogens with zero attached hydrogens (tertiary/aromatic N) is 2. The second-order valence-corrected chi connectivity index (χ2v) is 8.95. The highest BCUT2D eigenvalue weighted by molar-refractivity contribution is 6.36. The Morgan fingerprint density at radius 2 is 1.53 bits per heavy atom. The highest BCUT2D eigenvalue weighted by atomic mass is 16.2. The lowest BCUT2D eigenvalue weighted by atomic mass is 9.93. The number of aryl methyl sites for hydroxylation is 1. The van der Waals surface area contributed by atoms with E-state index in [4.69, 9.17) is 0 Å². The fraction of sp³-hybridized carbons (Fsp3) is 0.0323. The highest BCUT2D eigenvalue weighted by Gasteiger charge is 2.29. The van der Waals surface area contributed by atoms with Gasteiger partial charge in [0.05, 0.1) is 11.1 Å². The van der Waals surface area contributed by atoms with Gasteiger partial charge in [0.1, 0.15) is 0 Å². The number of hydrogen-bond donors (Lipinski definition) is 3. The molecular weight excluding hydrogens is 474 g/mol. The first kappa shape index (κ1) is 23.1. The lowest BCUT2D eigenvalue weighted by molar-refractivity contribution is -0.110. The Bertz CT molecular complexity index is 1690. The Morgan fingerprint density at radius 3 is 2.26 bits per heavy atom. The standard InChI is InChI=1S/C31H23N5O2/c1-19-27(31(38)35-22-12-16-33-17-13-22)28(21-6-3-2-4-7-21)26(34-19)18-24-29-23(20-10-14-32-15-11-20)8-5-9-25(29)36-30(24)37/h2-18,34H,1H3,(H,36,37)(H,33,35,38)/b24-18-. The van der Waals surface area contributed by atoms with Crippen molar-refractivity contribution in [2.75, 3.05) is 10.6 Å². The molecule has 3 N–H and O–H groups in total. The number of hydrogen-bond acceptors (Lipinski definition) is 4. The molecule has 0 spiro atoms. The number of rotatable bonds is 5. The van der Waals surface area contributed by atoms with Gasteiger partial charge >= 0.3 is 0 Å². The molecule has 3 aromatic heterocycles. The van der Waals surface area contributed by atoms with E-state index in [0.29, 0.717) is 28.2 Å². The second kappa shape index (κ2) is 9.63. The van der Waals surface area contributed by atoms with Gasteiger partial charge in [-0.2, -0.15) is 0 Å². The zero-order valence-corrected chi connectivity index (χ0v) is 20.5. The van der Waals surface area contributed by atoms with Gasteiger partial charge in [0.2, 0.25) is 0 Å². The second-order valence-electron chi connectivity index (χ2n) is 8.95. The number of amides is 2. The number of carbonyl (C=O) groups excluding carboxylic acids is 2. The molecule has 2 amide bonds. The summed E-state index contributed by atoms with van der Waals surface area (Å²) in [6.45, 7) is 1.86. The molecule has 1 aliphatic heterocycles. The molecule has 0 atom stereocenters. The first-order valence-corrected chi connectivity index (χ1v) is 12.2. The largest absolute Gasteiger partial charge is 0.358 e. The predicted molar refractivity (Wildman–Crippen MR) is 149 cm³/mol. The molecule has 38 heavy (non-hydrogen) atoms. The average Bonchev–Trinajstić information content (AvgIpc) is 3.45. The van der Waals surface area contributed by atoms with E-state index in [2.05, 4.69) is 25.6 Å². The summed E-state index contributed by atoms with van der Waals surface area (Å²) in [7, 11) is 0. The maximum atomic E-state index is 13.5. The fourth-order valence-corrected chi connectivity index (χ4v) is 4.88. The van der Waals surface area contributed by atoms with E-state index < -0.39 is 0 Å². The van der Waals surface area contributed by atoms with E-state index in [1.807, 2.05) is 73.7 Å². The molecule has 0 aliphatic carbocycles. The number of H-pyrrole nitrogens is 1. The Labute approximate surface area is 219 Å². The molecule has 1 aliphatic rings. The SMILES string of the molecule is Cc1[nH]c(/C=C2\C(=O)Nc3cccc(-c4ccncc4)c32)c(-c2ccccc2)c1C(=O)Nc1ccncc1. The normalized spacial score (nSPS) is 13.3. The fourth-order valence-electron chi connectivity index (χ4n) is 4.88. The van der Waals surface area contributed by atoms with Gasteiger partial charge in [-0.1, -0.05) is 42.5 Å². The van der Waals surface area contributed by atoms with Gasteiger partial charge in [0.15, 0.2) is 0 Å². The molecule has 0 radical (unpaired) electrons. The third-order valence-electron chi connectivity index (χ3n) is 6.55. The number of fused-ring (bicyclic) bond motifs is 1. The van der Waals surface area contributed by atoms with Gasteiger partial charge < -0.3 is 15.6 Å². The number of nitrogens with one attached hydrogen (secondary N) is 3. The van der Waals surface area contributed by atoms with Crippen LogP contribution in [0.2, 0.25) is 0 Å². The lowest BCUT2D eigenvalue weighted by Gasteiger charge is -2.10. The monoisotopic (exact) mass is 497 g/mol. The van der Waals surface area contributed by atoms with Crippen molar-refractivity contribution < 1.29 is 9.59 Å². The molecule has 5 aromatic rings. The van der Waals surface area contributed by atoms with Crippen LogP contribution in [0.5, 0.6) is 0 Å². The van der Waals surface area contributed by atoms with Crippen LogP contribution in [-0.4, -0.2) is 26.8 Å². The Morgan fingerprint density at radius 1 is 0.816 bits per heavy atom. The number of anilines is 2. The molecule has 4 heterocycles. The van der Waals surface area contributed by atoms with Crippen LogP contribution in [0.4, 0.5) is 11.4 Å². The van der Waals surface area contributed by atoms with Crippen LogP contribution in [0.15, 0.2) is 97.6 Å². The Kier molecular flexibility index (Phi) is 5.86. The maximum Gasteiger partial charge on any atom is 0.258 e. The van der Waals surface area contributed by atoms with Crippen LogP contribution in [0.25, 0.3) is 33.9 Å². The molecule has 0 bridgehead atoms. The van der Waals surface area contributed by atoms with Crippen LogP contribution in [0, 0.1) is 6.92 Å². The van der Waals surface area contributed by atoms with Crippen molar-refractivity contribution in [2.24, 2.45) is 0 Å². The quantitative estimate of drug-likeness (QED) is 0.252. The van der Waals surface area contributed by atoms with E-state index in [1.54, 1.807) is 36.9 Å². The molecule has 7 heteroatoms. The summed E-state index contributed by atoms with van der Waals surface area (Å²) in [4.78, 5) is 38.3. The molecule has 0 saturated carbocycles. The van der Waals surface area contributed by atoms with E-state index in [1.165, 1.54) is 0 Å². The summed E-state index contributed by atoms with van der Waals surface area (Å²) >= 11 is 0. The van der Waals surface area contributed by atoms with E-state index in [0.717, 1.165) is 33.5 Å². The number of aromatic amines is 1. The van der Waals surface area contributed by atoms with Crippen LogP contribution in [-0.2, 0) is 4.79 Å². The molecular formula is C31H23N5O2. The summed E-state index contributed by atoms with van der Waals surface area (Å²) in [5.74, 6) is -0.447. The molecule has 184 valence electrons. The average molecular weight is 498 g/mol. The van der Waals surface area contributed by atoms with Gasteiger partial charge in [-0.15, -0.1) is 0 Å². The van der Waals surface area contributed by atoms with Gasteiger partial charge in [-0.05, 0) is 60.0 Å². The minimum atomic E-state index is -0.248. The summed E-state index contributed by atoms with van der Waals surface area (Å²) in [6, 6.07) is 22.8. The van der Waals surface area contributed by atoms with Crippen molar-refractivity contribution >= 4 is 34.8 Å². The van der Waals surface area contributed by atoms with E-state index in [9.17, 15) is 9.59 Å². The van der Waals surface area contributed by atoms with E-state index in [-0.39, 0.29) is 11.8 Å². The molecule has 0 unspecified atom stereocenters. The minimum Gasteiger partial charge on any atom is -0.358 e. The Balaban J connectivity index is 1.52. The summed E-state index contributed by atoms with van der Waals surface area (Å²) in [5, 5.41) is 5.96. The molecule has 0 fully saturated rings. The van der Waals surface area contributed by atoms with Crippen molar-refractivity contribution in [3.8, 4) is 22.3 Å². The van der Waals surface area contributed by atoms with Crippen molar-refractivity contribution in [3.63, 3.8) is 0 Å². The molecule has 0 saturated heterocycles. The number of aromatic nitrogens is 3. The number of carbonyl (C=O) groups is 2. The van der Waals surface area contributed by atoms with Gasteiger partial charge in [-0.25, -0.2) is 0 Å². The third kappa shape index (κ3) is 4.16. The predicted octanol–water partition coefficient (Wildman–Crippen LogP) is 6.19. The van der Waals surface area contributed by atoms with Crippen LogP contribution >= 0.6 is 0 Å². The van der Waals surface area contributed by atoms with Crippen LogP contribution < -0.4 is 10.6 Å². The Hall–Kier alpha value is -5.30. The van der Waals surface area contributed by atoms with Crippen molar-refractivity contribution in [2.45, 2.75) is 6.92 Å². The first-order valence-electron chi connectivity index (χ1n) is 12.2. The van der Waals surface area contributed by atoms with Gasteiger partial charge in [0.25, 0.3) is 11.8 Å². The van der Waals surface area contributed by atoms with Gasteiger partial charge in [-0.3, -0.25) is 19.6 Å². The number of benzene rings is 2. The number of pyridine rings is 2. The maximum absolute atomic E-state index is 13.5. The molecule has 6 rings (SSSR count). The van der Waals surface area contributed by atoms with Crippen LogP contribution in [0.1, 0.15) is 27.3 Å². The lowest BCUT2D eigenvalue weighted by Crippen LogP contribution is -2.13. The molecule has 2 aromatic carbocycles.